The molecule has 0 unspecified atom stereocenters. The molecule has 1 aliphatic heterocycles. The first-order valence-electron chi connectivity index (χ1n) is 8.11. The van der Waals surface area contributed by atoms with Gasteiger partial charge in [-0.15, -0.1) is 11.3 Å². The summed E-state index contributed by atoms with van der Waals surface area (Å²) in [4.78, 5) is 17.0. The first-order chi connectivity index (χ1) is 11.6. The Morgan fingerprint density at radius 3 is 2.88 bits per heavy atom. The van der Waals surface area contributed by atoms with Crippen molar-refractivity contribution in [3.8, 4) is 10.6 Å². The van der Waals surface area contributed by atoms with Gasteiger partial charge in [0.1, 0.15) is 5.01 Å². The molecule has 24 heavy (non-hydrogen) atoms. The van der Waals surface area contributed by atoms with Gasteiger partial charge in [-0.1, -0.05) is 12.1 Å². The van der Waals surface area contributed by atoms with E-state index in [1.54, 1.807) is 17.4 Å². The van der Waals surface area contributed by atoms with E-state index in [1.807, 2.05) is 30.5 Å². The highest BCUT2D eigenvalue weighted by Gasteiger charge is 2.32. The van der Waals surface area contributed by atoms with E-state index in [2.05, 4.69) is 10.3 Å². The van der Waals surface area contributed by atoms with Crippen LogP contribution in [-0.4, -0.2) is 42.4 Å². The highest BCUT2D eigenvalue weighted by atomic mass is 32.1. The normalized spacial score (nSPS) is 16.8. The van der Waals surface area contributed by atoms with Crippen molar-refractivity contribution in [3.63, 3.8) is 0 Å². The van der Waals surface area contributed by atoms with Crippen LogP contribution in [0, 0.1) is 12.3 Å². The average molecular weight is 346 g/mol. The molecule has 5 nitrogen and oxygen atoms in total. The van der Waals surface area contributed by atoms with Gasteiger partial charge < -0.3 is 15.2 Å². The number of rotatable bonds is 5. The monoisotopic (exact) mass is 346 g/mol. The number of nitrogens with one attached hydrogen (secondary N) is 1. The molecule has 1 aromatic heterocycles. The number of benzene rings is 1. The molecule has 0 spiro atoms. The van der Waals surface area contributed by atoms with E-state index in [4.69, 9.17) is 4.74 Å². The van der Waals surface area contributed by atoms with Crippen LogP contribution in [0.1, 0.15) is 28.9 Å². The quantitative estimate of drug-likeness (QED) is 0.873. The Hall–Kier alpha value is -1.76. The number of aryl methyl sites for hydroxylation is 1. The number of hydrogen-bond donors (Lipinski definition) is 2. The van der Waals surface area contributed by atoms with Gasteiger partial charge in [0.25, 0.3) is 5.91 Å². The number of aliphatic hydroxyl groups excluding tert-OH is 1. The number of ether oxygens (including phenoxy) is 1. The lowest BCUT2D eigenvalue weighted by Crippen LogP contribution is -2.43. The van der Waals surface area contributed by atoms with Crippen LogP contribution in [0.4, 0.5) is 0 Å². The number of carbonyl (C=O) groups excluding carboxylic acids is 1. The van der Waals surface area contributed by atoms with Crippen LogP contribution in [0.3, 0.4) is 0 Å². The first-order valence-corrected chi connectivity index (χ1v) is 8.99. The molecule has 0 atom stereocenters. The third-order valence-electron chi connectivity index (χ3n) is 4.50. The van der Waals surface area contributed by atoms with Crippen LogP contribution in [0.2, 0.25) is 0 Å². The fourth-order valence-corrected chi connectivity index (χ4v) is 3.64. The summed E-state index contributed by atoms with van der Waals surface area (Å²) >= 11 is 1.57. The summed E-state index contributed by atoms with van der Waals surface area (Å²) in [5, 5.41) is 15.6. The number of aliphatic hydroxyl groups is 1. The predicted octanol–water partition coefficient (Wildman–Crippen LogP) is 2.64. The van der Waals surface area contributed by atoms with E-state index in [1.165, 1.54) is 0 Å². The average Bonchev–Trinajstić information content (AvgIpc) is 3.07. The minimum atomic E-state index is -0.266. The standard InChI is InChI=1S/C18H22N2O3S/c1-13-10-24-17(20-13)15-4-2-3-14(9-15)16(22)19-11-18(12-21)5-7-23-8-6-18/h2-4,9-10,21H,5-8,11-12H2,1H3,(H,19,22). The van der Waals surface area contributed by atoms with Crippen molar-refractivity contribution in [2.75, 3.05) is 26.4 Å². The first kappa shape index (κ1) is 17.1. The summed E-state index contributed by atoms with van der Waals surface area (Å²) in [6, 6.07) is 7.50. The Kier molecular flexibility index (Phi) is 5.28. The van der Waals surface area contributed by atoms with Crippen LogP contribution < -0.4 is 5.32 Å². The van der Waals surface area contributed by atoms with Crippen molar-refractivity contribution in [2.45, 2.75) is 19.8 Å². The molecule has 1 aromatic carbocycles. The lowest BCUT2D eigenvalue weighted by atomic mass is 9.81. The minimum Gasteiger partial charge on any atom is -0.396 e. The summed E-state index contributed by atoms with van der Waals surface area (Å²) in [7, 11) is 0. The lowest BCUT2D eigenvalue weighted by Gasteiger charge is -2.35. The van der Waals surface area contributed by atoms with Crippen LogP contribution in [0.25, 0.3) is 10.6 Å². The maximum atomic E-state index is 12.5. The predicted molar refractivity (Wildman–Crippen MR) is 94.2 cm³/mol. The van der Waals surface area contributed by atoms with Crippen molar-refractivity contribution >= 4 is 17.2 Å². The van der Waals surface area contributed by atoms with Crippen molar-refractivity contribution in [1.82, 2.24) is 10.3 Å². The van der Waals surface area contributed by atoms with Crippen molar-refractivity contribution in [2.24, 2.45) is 5.41 Å². The highest BCUT2D eigenvalue weighted by Crippen LogP contribution is 2.29. The second-order valence-corrected chi connectivity index (χ2v) is 7.19. The Morgan fingerprint density at radius 1 is 1.42 bits per heavy atom. The Bertz CT molecular complexity index is 708. The molecule has 6 heteroatoms. The fraction of sp³-hybridized carbons (Fsp3) is 0.444. The Labute approximate surface area is 145 Å². The lowest BCUT2D eigenvalue weighted by molar-refractivity contribution is -0.0146. The van der Waals surface area contributed by atoms with E-state index in [-0.39, 0.29) is 17.9 Å². The SMILES string of the molecule is Cc1csc(-c2cccc(C(=O)NCC3(CO)CCOCC3)c2)n1. The zero-order chi connectivity index (χ0) is 17.0. The molecule has 3 rings (SSSR count). The molecule has 1 aliphatic rings. The highest BCUT2D eigenvalue weighted by molar-refractivity contribution is 7.13. The molecule has 2 heterocycles. The number of carbonyl (C=O) groups is 1. The third kappa shape index (κ3) is 3.83. The molecule has 1 saturated heterocycles. The topological polar surface area (TPSA) is 71.5 Å². The van der Waals surface area contributed by atoms with E-state index in [0.717, 1.165) is 29.1 Å². The third-order valence-corrected chi connectivity index (χ3v) is 5.51. The second kappa shape index (κ2) is 7.42. The summed E-state index contributed by atoms with van der Waals surface area (Å²) in [6.45, 7) is 3.75. The van der Waals surface area contributed by atoms with Gasteiger partial charge in [0, 0.05) is 47.4 Å². The van der Waals surface area contributed by atoms with Gasteiger partial charge in [-0.2, -0.15) is 0 Å². The van der Waals surface area contributed by atoms with Crippen LogP contribution in [0.5, 0.6) is 0 Å². The number of aromatic nitrogens is 1. The van der Waals surface area contributed by atoms with Gasteiger partial charge in [0.15, 0.2) is 0 Å². The van der Waals surface area contributed by atoms with E-state index in [0.29, 0.717) is 25.3 Å². The van der Waals surface area contributed by atoms with E-state index < -0.39 is 0 Å². The largest absolute Gasteiger partial charge is 0.396 e. The van der Waals surface area contributed by atoms with Crippen molar-refractivity contribution < 1.29 is 14.6 Å². The smallest absolute Gasteiger partial charge is 0.251 e. The summed E-state index contributed by atoms with van der Waals surface area (Å²) < 4.78 is 5.36. The van der Waals surface area contributed by atoms with Gasteiger partial charge >= 0.3 is 0 Å². The number of thiazole rings is 1. The molecule has 0 radical (unpaired) electrons. The molecule has 1 fully saturated rings. The zero-order valence-corrected chi connectivity index (χ0v) is 14.6. The fourth-order valence-electron chi connectivity index (χ4n) is 2.85. The molecule has 0 bridgehead atoms. The van der Waals surface area contributed by atoms with Crippen LogP contribution >= 0.6 is 11.3 Å². The second-order valence-electron chi connectivity index (χ2n) is 6.33. The van der Waals surface area contributed by atoms with Gasteiger partial charge in [-0.05, 0) is 31.9 Å². The number of hydrogen-bond acceptors (Lipinski definition) is 5. The van der Waals surface area contributed by atoms with Gasteiger partial charge in [-0.3, -0.25) is 4.79 Å². The Balaban J connectivity index is 1.69. The Morgan fingerprint density at radius 2 is 2.21 bits per heavy atom. The number of nitrogens with zero attached hydrogens (tertiary/aromatic N) is 1. The molecule has 0 saturated carbocycles. The summed E-state index contributed by atoms with van der Waals surface area (Å²) in [6.07, 6.45) is 1.53. The molecule has 0 aliphatic carbocycles. The molecule has 2 N–H and O–H groups in total. The molecule has 2 aromatic rings. The van der Waals surface area contributed by atoms with E-state index in [9.17, 15) is 9.90 Å². The summed E-state index contributed by atoms with van der Waals surface area (Å²) in [5.74, 6) is -0.121. The zero-order valence-electron chi connectivity index (χ0n) is 13.7. The van der Waals surface area contributed by atoms with E-state index >= 15 is 0 Å². The van der Waals surface area contributed by atoms with Gasteiger partial charge in [0.05, 0.1) is 6.61 Å². The van der Waals surface area contributed by atoms with Crippen molar-refractivity contribution in [1.29, 1.82) is 0 Å². The van der Waals surface area contributed by atoms with Crippen LogP contribution in [-0.2, 0) is 4.74 Å². The molecule has 128 valence electrons. The van der Waals surface area contributed by atoms with Gasteiger partial charge in [-0.25, -0.2) is 4.98 Å². The molecular formula is C18H22N2O3S. The summed E-state index contributed by atoms with van der Waals surface area (Å²) in [5.41, 5.74) is 2.27. The molecular weight excluding hydrogens is 324 g/mol. The molecule has 1 amide bonds. The van der Waals surface area contributed by atoms with Crippen molar-refractivity contribution in [3.05, 3.63) is 40.9 Å². The maximum absolute atomic E-state index is 12.5. The van der Waals surface area contributed by atoms with Gasteiger partial charge in [0.2, 0.25) is 0 Å². The number of amides is 1. The minimum absolute atomic E-state index is 0.0646. The van der Waals surface area contributed by atoms with Crippen LogP contribution in [0.15, 0.2) is 29.6 Å². The maximum Gasteiger partial charge on any atom is 0.251 e.